The molecule has 116 valence electrons. The number of halogens is 2. The van der Waals surface area contributed by atoms with Gasteiger partial charge in [0.1, 0.15) is 5.60 Å². The van der Waals surface area contributed by atoms with Crippen molar-refractivity contribution < 1.29 is 19.4 Å². The van der Waals surface area contributed by atoms with E-state index in [1.54, 1.807) is 31.2 Å². The second-order valence-corrected chi connectivity index (χ2v) is 5.93. The number of rotatable bonds is 7. The first-order valence-corrected chi connectivity index (χ1v) is 8.51. The first-order valence-electron chi connectivity index (χ1n) is 6.26. The molecule has 0 fully saturated rings. The van der Waals surface area contributed by atoms with Gasteiger partial charge in [0.25, 0.3) is 0 Å². The number of nitrogens with one attached hydrogen (secondary N) is 1. The van der Waals surface area contributed by atoms with Gasteiger partial charge in [-0.1, -0.05) is 62.2 Å². The highest BCUT2D eigenvalue weighted by atomic mass is 79.9. The van der Waals surface area contributed by atoms with Gasteiger partial charge in [0, 0.05) is 10.7 Å². The number of ether oxygens (including phenoxy) is 1. The Morgan fingerprint density at radius 2 is 1.86 bits per heavy atom. The fourth-order valence-electron chi connectivity index (χ4n) is 1.53. The fourth-order valence-corrected chi connectivity index (χ4v) is 2.69. The van der Waals surface area contributed by atoms with E-state index in [1.807, 2.05) is 6.07 Å². The second-order valence-electron chi connectivity index (χ2n) is 4.81. The summed E-state index contributed by atoms with van der Waals surface area (Å²) in [5, 5.41) is 14.3. The molecule has 0 unspecified atom stereocenters. The monoisotopic (exact) mass is 420 g/mol. The average molecular weight is 422 g/mol. The number of carbonyl (C=O) groups is 2. The number of alkyl halides is 2. The van der Waals surface area contributed by atoms with E-state index < -0.39 is 23.7 Å². The Labute approximate surface area is 140 Å². The molecule has 0 aliphatic carbocycles. The molecule has 21 heavy (non-hydrogen) atoms. The summed E-state index contributed by atoms with van der Waals surface area (Å²) in [7, 11) is 0. The molecule has 0 heterocycles. The van der Waals surface area contributed by atoms with E-state index >= 15 is 0 Å². The SMILES string of the molecule is CC(CBr)(CBr)OC(=O)N[C@@H](Cc1ccccc1)C(=O)[O-]. The van der Waals surface area contributed by atoms with E-state index in [2.05, 4.69) is 37.2 Å². The van der Waals surface area contributed by atoms with Crippen molar-refractivity contribution in [3.63, 3.8) is 0 Å². The van der Waals surface area contributed by atoms with E-state index in [0.29, 0.717) is 10.7 Å². The highest BCUT2D eigenvalue weighted by Gasteiger charge is 2.27. The maximum absolute atomic E-state index is 11.8. The minimum absolute atomic E-state index is 0.137. The van der Waals surface area contributed by atoms with Crippen LogP contribution in [-0.2, 0) is 16.0 Å². The van der Waals surface area contributed by atoms with E-state index in [0.717, 1.165) is 5.56 Å². The van der Waals surface area contributed by atoms with Crippen molar-refractivity contribution >= 4 is 43.9 Å². The Hall–Kier alpha value is -1.08. The van der Waals surface area contributed by atoms with Gasteiger partial charge in [-0.3, -0.25) is 0 Å². The molecule has 0 saturated heterocycles. The largest absolute Gasteiger partial charge is 0.548 e. The third kappa shape index (κ3) is 6.05. The summed E-state index contributed by atoms with van der Waals surface area (Å²) >= 11 is 6.49. The maximum Gasteiger partial charge on any atom is 0.408 e. The second kappa shape index (κ2) is 8.38. The molecule has 1 aromatic carbocycles. The number of benzene rings is 1. The van der Waals surface area contributed by atoms with Crippen LogP contribution in [0.5, 0.6) is 0 Å². The Bertz CT molecular complexity index is 477. The number of carboxylic acid groups (broad SMARTS) is 1. The number of carboxylic acids is 1. The Morgan fingerprint density at radius 3 is 2.33 bits per heavy atom. The van der Waals surface area contributed by atoms with Gasteiger partial charge in [-0.05, 0) is 18.9 Å². The topological polar surface area (TPSA) is 78.5 Å². The minimum Gasteiger partial charge on any atom is -0.548 e. The molecule has 0 saturated carbocycles. The van der Waals surface area contributed by atoms with Crippen LogP contribution in [0.2, 0.25) is 0 Å². The van der Waals surface area contributed by atoms with Crippen LogP contribution >= 0.6 is 31.9 Å². The van der Waals surface area contributed by atoms with Crippen LogP contribution in [0.4, 0.5) is 4.79 Å². The Balaban J connectivity index is 2.67. The van der Waals surface area contributed by atoms with Crippen molar-refractivity contribution in [3.8, 4) is 0 Å². The average Bonchev–Trinajstić information content (AvgIpc) is 2.47. The molecule has 5 nitrogen and oxygen atoms in total. The van der Waals surface area contributed by atoms with E-state index in [4.69, 9.17) is 4.74 Å². The lowest BCUT2D eigenvalue weighted by Crippen LogP contribution is -2.51. The molecule has 0 spiro atoms. The highest BCUT2D eigenvalue weighted by Crippen LogP contribution is 2.17. The summed E-state index contributed by atoms with van der Waals surface area (Å²) in [4.78, 5) is 23.0. The number of amides is 1. The zero-order chi connectivity index (χ0) is 15.9. The molecular weight excluding hydrogens is 406 g/mol. The third-order valence-electron chi connectivity index (χ3n) is 2.76. The van der Waals surface area contributed by atoms with Crippen molar-refractivity contribution in [3.05, 3.63) is 35.9 Å². The molecule has 0 bridgehead atoms. The van der Waals surface area contributed by atoms with Crippen molar-refractivity contribution in [2.24, 2.45) is 0 Å². The zero-order valence-corrected chi connectivity index (χ0v) is 14.6. The normalized spacial score (nSPS) is 12.5. The van der Waals surface area contributed by atoms with Gasteiger partial charge in [0.2, 0.25) is 0 Å². The molecule has 1 aromatic rings. The molecule has 0 aliphatic heterocycles. The van der Waals surface area contributed by atoms with Gasteiger partial charge in [-0.2, -0.15) is 0 Å². The number of hydrogen-bond acceptors (Lipinski definition) is 4. The highest BCUT2D eigenvalue weighted by molar-refractivity contribution is 9.09. The summed E-state index contributed by atoms with van der Waals surface area (Å²) < 4.78 is 5.22. The molecule has 1 rings (SSSR count). The smallest absolute Gasteiger partial charge is 0.408 e. The number of alkyl carbamates (subject to hydrolysis) is 1. The lowest BCUT2D eigenvalue weighted by Gasteiger charge is -2.27. The van der Waals surface area contributed by atoms with Crippen LogP contribution in [0.15, 0.2) is 30.3 Å². The molecule has 0 radical (unpaired) electrons. The fraction of sp³-hybridized carbons (Fsp3) is 0.429. The van der Waals surface area contributed by atoms with Gasteiger partial charge in [-0.25, -0.2) is 4.79 Å². The van der Waals surface area contributed by atoms with Crippen molar-refractivity contribution in [2.75, 3.05) is 10.7 Å². The van der Waals surface area contributed by atoms with Crippen LogP contribution in [-0.4, -0.2) is 34.4 Å². The standard InChI is InChI=1S/C14H17Br2NO4/c1-14(8-15,9-16)21-13(20)17-11(12(18)19)7-10-5-3-2-4-6-10/h2-6,11H,7-9H2,1H3,(H,17,20)(H,18,19)/p-1/t11-/m0/s1. The zero-order valence-electron chi connectivity index (χ0n) is 11.5. The molecule has 0 aliphatic rings. The molecular formula is C14H16Br2NO4-. The van der Waals surface area contributed by atoms with Crippen LogP contribution in [0, 0.1) is 0 Å². The molecule has 7 heteroatoms. The number of aliphatic carboxylic acids is 1. The first kappa shape index (κ1) is 18.0. The van der Waals surface area contributed by atoms with Gasteiger partial charge in [-0.15, -0.1) is 0 Å². The summed E-state index contributed by atoms with van der Waals surface area (Å²) in [6, 6.07) is 7.85. The van der Waals surface area contributed by atoms with E-state index in [9.17, 15) is 14.7 Å². The summed E-state index contributed by atoms with van der Waals surface area (Å²) in [6.07, 6.45) is -0.654. The number of carbonyl (C=O) groups excluding carboxylic acids is 2. The maximum atomic E-state index is 11.8. The summed E-state index contributed by atoms with van der Waals surface area (Å²) in [6.45, 7) is 1.72. The van der Waals surface area contributed by atoms with Gasteiger partial charge in [0.05, 0.1) is 12.0 Å². The van der Waals surface area contributed by atoms with Gasteiger partial charge < -0.3 is 20.0 Å². The van der Waals surface area contributed by atoms with Gasteiger partial charge in [0.15, 0.2) is 0 Å². The van der Waals surface area contributed by atoms with Gasteiger partial charge >= 0.3 is 6.09 Å². The Kier molecular flexibility index (Phi) is 7.17. The van der Waals surface area contributed by atoms with Crippen LogP contribution < -0.4 is 10.4 Å². The molecule has 1 atom stereocenters. The first-order chi connectivity index (χ1) is 9.90. The quantitative estimate of drug-likeness (QED) is 0.678. The van der Waals surface area contributed by atoms with Crippen LogP contribution in [0.25, 0.3) is 0 Å². The van der Waals surface area contributed by atoms with Crippen LogP contribution in [0.1, 0.15) is 12.5 Å². The summed E-state index contributed by atoms with van der Waals surface area (Å²) in [5.41, 5.74) is 0.0311. The van der Waals surface area contributed by atoms with E-state index in [-0.39, 0.29) is 6.42 Å². The number of hydrogen-bond donors (Lipinski definition) is 1. The van der Waals surface area contributed by atoms with Crippen LogP contribution in [0.3, 0.4) is 0 Å². The third-order valence-corrected chi connectivity index (χ3v) is 5.14. The van der Waals surface area contributed by atoms with Crippen molar-refractivity contribution in [2.45, 2.75) is 25.0 Å². The predicted molar refractivity (Wildman–Crippen MR) is 84.6 cm³/mol. The lowest BCUT2D eigenvalue weighted by atomic mass is 10.1. The predicted octanol–water partition coefficient (Wildman–Crippen LogP) is 1.62. The van der Waals surface area contributed by atoms with Crippen molar-refractivity contribution in [1.82, 2.24) is 5.32 Å². The lowest BCUT2D eigenvalue weighted by molar-refractivity contribution is -0.308. The van der Waals surface area contributed by atoms with E-state index in [1.165, 1.54) is 0 Å². The Morgan fingerprint density at radius 1 is 1.29 bits per heavy atom. The molecule has 1 amide bonds. The molecule has 0 aromatic heterocycles. The summed E-state index contributed by atoms with van der Waals surface area (Å²) in [5.74, 6) is -1.35. The minimum atomic E-state index is -1.35. The molecule has 1 N–H and O–H groups in total. The van der Waals surface area contributed by atoms with Crippen molar-refractivity contribution in [1.29, 1.82) is 0 Å².